The molecule has 0 saturated heterocycles. The van der Waals surface area contributed by atoms with Gasteiger partial charge in [0.2, 0.25) is 10.0 Å². The van der Waals surface area contributed by atoms with E-state index in [2.05, 4.69) is 0 Å². The summed E-state index contributed by atoms with van der Waals surface area (Å²) in [6.45, 7) is 1.79. The molecule has 2 N–H and O–H groups in total. The highest BCUT2D eigenvalue weighted by atomic mass is 35.5. The molecular formula is C10H14ClFN2O2S. The summed E-state index contributed by atoms with van der Waals surface area (Å²) in [6, 6.07) is 2.42. The van der Waals surface area contributed by atoms with E-state index in [1.54, 1.807) is 6.92 Å². The highest BCUT2D eigenvalue weighted by Gasteiger charge is 2.25. The Balaban J connectivity index is 3.47. The van der Waals surface area contributed by atoms with E-state index in [-0.39, 0.29) is 23.7 Å². The normalized spacial score (nSPS) is 12.1. The van der Waals surface area contributed by atoms with Gasteiger partial charge < -0.3 is 5.73 Å². The first-order valence-electron chi connectivity index (χ1n) is 4.99. The maximum absolute atomic E-state index is 13.9. The molecule has 0 unspecified atom stereocenters. The van der Waals surface area contributed by atoms with Gasteiger partial charge in [-0.05, 0) is 12.1 Å². The Morgan fingerprint density at radius 2 is 2.06 bits per heavy atom. The Morgan fingerprint density at radius 3 is 2.53 bits per heavy atom. The van der Waals surface area contributed by atoms with Crippen molar-refractivity contribution in [1.29, 1.82) is 0 Å². The average molecular weight is 281 g/mol. The molecular weight excluding hydrogens is 267 g/mol. The van der Waals surface area contributed by atoms with Gasteiger partial charge in [0.15, 0.2) is 0 Å². The molecule has 0 aliphatic carbocycles. The number of sulfonamides is 1. The maximum Gasteiger partial charge on any atom is 0.245 e. The SMILES string of the molecule is CCN(C)S(=O)(=O)c1cc(Cl)cc(CN)c1F. The molecule has 0 aromatic heterocycles. The standard InChI is InChI=1S/C10H14ClFN2O2S/c1-3-14(2)17(15,16)9-5-8(11)4-7(6-13)10(9)12/h4-5H,3,6,13H2,1-2H3. The first-order chi connectivity index (χ1) is 7.84. The zero-order valence-corrected chi connectivity index (χ0v) is 11.1. The molecule has 1 rings (SSSR count). The summed E-state index contributed by atoms with van der Waals surface area (Å²) < 4.78 is 38.9. The summed E-state index contributed by atoms with van der Waals surface area (Å²) in [5, 5.41) is 0.148. The topological polar surface area (TPSA) is 63.4 Å². The van der Waals surface area contributed by atoms with Crippen LogP contribution in [-0.2, 0) is 16.6 Å². The minimum atomic E-state index is -3.86. The third-order valence-electron chi connectivity index (χ3n) is 2.43. The predicted molar refractivity (Wildman–Crippen MR) is 64.8 cm³/mol. The van der Waals surface area contributed by atoms with Gasteiger partial charge >= 0.3 is 0 Å². The largest absolute Gasteiger partial charge is 0.326 e. The van der Waals surface area contributed by atoms with E-state index < -0.39 is 20.7 Å². The molecule has 17 heavy (non-hydrogen) atoms. The van der Waals surface area contributed by atoms with Crippen molar-refractivity contribution in [3.8, 4) is 0 Å². The number of nitrogens with zero attached hydrogens (tertiary/aromatic N) is 1. The summed E-state index contributed by atoms with van der Waals surface area (Å²) in [6.07, 6.45) is 0. The Hall–Kier alpha value is -0.690. The number of rotatable bonds is 4. The van der Waals surface area contributed by atoms with Crippen LogP contribution in [0.5, 0.6) is 0 Å². The fourth-order valence-corrected chi connectivity index (χ4v) is 2.91. The molecule has 0 radical (unpaired) electrons. The second-order valence-electron chi connectivity index (χ2n) is 3.50. The smallest absolute Gasteiger partial charge is 0.245 e. The van der Waals surface area contributed by atoms with Crippen LogP contribution in [0, 0.1) is 5.82 Å². The van der Waals surface area contributed by atoms with E-state index in [9.17, 15) is 12.8 Å². The molecule has 0 bridgehead atoms. The Kier molecular flexibility index (Phi) is 4.48. The molecule has 1 aromatic carbocycles. The van der Waals surface area contributed by atoms with Crippen molar-refractivity contribution in [3.05, 3.63) is 28.5 Å². The number of hydrogen-bond acceptors (Lipinski definition) is 3. The van der Waals surface area contributed by atoms with Crippen LogP contribution in [0.4, 0.5) is 4.39 Å². The predicted octanol–water partition coefficient (Wildman–Crippen LogP) is 1.58. The molecule has 0 atom stereocenters. The van der Waals surface area contributed by atoms with Crippen LogP contribution < -0.4 is 5.73 Å². The lowest BCUT2D eigenvalue weighted by molar-refractivity contribution is 0.476. The fourth-order valence-electron chi connectivity index (χ4n) is 1.29. The quantitative estimate of drug-likeness (QED) is 0.911. The molecule has 0 saturated carbocycles. The first-order valence-corrected chi connectivity index (χ1v) is 6.80. The van der Waals surface area contributed by atoms with E-state index in [1.165, 1.54) is 13.1 Å². The van der Waals surface area contributed by atoms with Crippen LogP contribution in [0.3, 0.4) is 0 Å². The molecule has 4 nitrogen and oxygen atoms in total. The minimum absolute atomic E-state index is 0.0839. The van der Waals surface area contributed by atoms with Gasteiger partial charge in [-0.25, -0.2) is 17.1 Å². The summed E-state index contributed by atoms with van der Waals surface area (Å²) in [5.41, 5.74) is 5.42. The van der Waals surface area contributed by atoms with E-state index in [0.29, 0.717) is 0 Å². The van der Waals surface area contributed by atoms with Crippen molar-refractivity contribution in [2.45, 2.75) is 18.4 Å². The lowest BCUT2D eigenvalue weighted by atomic mass is 10.2. The molecule has 0 heterocycles. The van der Waals surface area contributed by atoms with Crippen LogP contribution in [-0.4, -0.2) is 26.3 Å². The van der Waals surface area contributed by atoms with Gasteiger partial charge in [0.05, 0.1) is 0 Å². The number of hydrogen-bond donors (Lipinski definition) is 1. The third kappa shape index (κ3) is 2.77. The zero-order chi connectivity index (χ0) is 13.2. The highest BCUT2D eigenvalue weighted by molar-refractivity contribution is 7.89. The Bertz CT molecular complexity index is 519. The van der Waals surface area contributed by atoms with E-state index >= 15 is 0 Å². The molecule has 1 aromatic rings. The maximum atomic E-state index is 13.9. The third-order valence-corrected chi connectivity index (χ3v) is 4.58. The van der Waals surface area contributed by atoms with Crippen molar-refractivity contribution in [2.75, 3.05) is 13.6 Å². The summed E-state index contributed by atoms with van der Waals surface area (Å²) in [4.78, 5) is -0.435. The summed E-state index contributed by atoms with van der Waals surface area (Å²) in [7, 11) is -2.48. The minimum Gasteiger partial charge on any atom is -0.326 e. The van der Waals surface area contributed by atoms with E-state index in [4.69, 9.17) is 17.3 Å². The van der Waals surface area contributed by atoms with Crippen LogP contribution in [0.2, 0.25) is 5.02 Å². The van der Waals surface area contributed by atoms with Crippen molar-refractivity contribution >= 4 is 21.6 Å². The van der Waals surface area contributed by atoms with Gasteiger partial charge in [0.1, 0.15) is 10.7 Å². The number of nitrogens with two attached hydrogens (primary N) is 1. The van der Waals surface area contributed by atoms with Gasteiger partial charge in [-0.2, -0.15) is 0 Å². The van der Waals surface area contributed by atoms with Crippen molar-refractivity contribution in [2.24, 2.45) is 5.73 Å². The molecule has 0 aliphatic rings. The molecule has 7 heteroatoms. The van der Waals surface area contributed by atoms with Gasteiger partial charge in [0.25, 0.3) is 0 Å². The summed E-state index contributed by atoms with van der Waals surface area (Å²) in [5.74, 6) is -0.836. The number of halogens is 2. The second kappa shape index (κ2) is 5.30. The van der Waals surface area contributed by atoms with Gasteiger partial charge in [-0.3, -0.25) is 0 Å². The van der Waals surface area contributed by atoms with Crippen molar-refractivity contribution < 1.29 is 12.8 Å². The Morgan fingerprint density at radius 1 is 1.47 bits per heavy atom. The fraction of sp³-hybridized carbons (Fsp3) is 0.400. The average Bonchev–Trinajstić information content (AvgIpc) is 2.30. The molecule has 96 valence electrons. The monoisotopic (exact) mass is 280 g/mol. The number of benzene rings is 1. The highest BCUT2D eigenvalue weighted by Crippen LogP contribution is 2.25. The van der Waals surface area contributed by atoms with Crippen LogP contribution in [0.25, 0.3) is 0 Å². The van der Waals surface area contributed by atoms with E-state index in [0.717, 1.165) is 10.4 Å². The summed E-state index contributed by atoms with van der Waals surface area (Å²) >= 11 is 5.75. The lowest BCUT2D eigenvalue weighted by Gasteiger charge is -2.16. The molecule has 0 amide bonds. The first kappa shape index (κ1) is 14.4. The van der Waals surface area contributed by atoms with Gasteiger partial charge in [0, 0.05) is 30.7 Å². The second-order valence-corrected chi connectivity index (χ2v) is 5.95. The molecule has 0 spiro atoms. The van der Waals surface area contributed by atoms with Crippen LogP contribution >= 0.6 is 11.6 Å². The van der Waals surface area contributed by atoms with Crippen LogP contribution in [0.15, 0.2) is 17.0 Å². The van der Waals surface area contributed by atoms with Crippen LogP contribution in [0.1, 0.15) is 12.5 Å². The lowest BCUT2D eigenvalue weighted by Crippen LogP contribution is -2.27. The molecule has 0 fully saturated rings. The molecule has 0 aliphatic heterocycles. The zero-order valence-electron chi connectivity index (χ0n) is 9.57. The van der Waals surface area contributed by atoms with E-state index in [1.807, 2.05) is 0 Å². The van der Waals surface area contributed by atoms with Gasteiger partial charge in [-0.1, -0.05) is 18.5 Å². The van der Waals surface area contributed by atoms with Gasteiger partial charge in [-0.15, -0.1) is 0 Å². The Labute approximate surface area is 105 Å². The van der Waals surface area contributed by atoms with Crippen molar-refractivity contribution in [1.82, 2.24) is 4.31 Å². The van der Waals surface area contributed by atoms with Crippen molar-refractivity contribution in [3.63, 3.8) is 0 Å².